The average molecular weight is 309 g/mol. The van der Waals surface area contributed by atoms with Gasteiger partial charge in [-0.25, -0.2) is 4.79 Å². The van der Waals surface area contributed by atoms with Crippen LogP contribution in [0.15, 0.2) is 0 Å². The fraction of sp³-hybridized carbons (Fsp3) is 0.875. The SMILES string of the molecule is CN(C)[C@H]1CCN(C(=O)C2CC3(CCN(C(=O)O)CC3)C2)C1. The number of carbonyl (C=O) groups is 2. The summed E-state index contributed by atoms with van der Waals surface area (Å²) in [6, 6.07) is 0.497. The lowest BCUT2D eigenvalue weighted by molar-refractivity contribution is -0.144. The van der Waals surface area contributed by atoms with Crippen LogP contribution >= 0.6 is 0 Å². The van der Waals surface area contributed by atoms with Gasteiger partial charge in [0.15, 0.2) is 0 Å². The van der Waals surface area contributed by atoms with E-state index in [1.165, 1.54) is 4.90 Å². The Balaban J connectivity index is 1.47. The Morgan fingerprint density at radius 1 is 1.09 bits per heavy atom. The minimum Gasteiger partial charge on any atom is -0.465 e. The first-order valence-electron chi connectivity index (χ1n) is 8.33. The molecule has 6 nitrogen and oxygen atoms in total. The van der Waals surface area contributed by atoms with Gasteiger partial charge in [-0.1, -0.05) is 0 Å². The highest BCUT2D eigenvalue weighted by atomic mass is 16.4. The number of carbonyl (C=O) groups excluding carboxylic acids is 1. The van der Waals surface area contributed by atoms with E-state index in [0.29, 0.717) is 25.0 Å². The predicted molar refractivity (Wildman–Crippen MR) is 82.7 cm³/mol. The number of rotatable bonds is 2. The van der Waals surface area contributed by atoms with Gasteiger partial charge in [0.05, 0.1) is 0 Å². The lowest BCUT2D eigenvalue weighted by atomic mass is 9.57. The Bertz CT molecular complexity index is 450. The molecule has 2 saturated heterocycles. The van der Waals surface area contributed by atoms with Gasteiger partial charge in [0.2, 0.25) is 5.91 Å². The summed E-state index contributed by atoms with van der Waals surface area (Å²) < 4.78 is 0. The van der Waals surface area contributed by atoms with Crippen LogP contribution in [0.4, 0.5) is 4.79 Å². The highest BCUT2D eigenvalue weighted by molar-refractivity contribution is 5.80. The van der Waals surface area contributed by atoms with Gasteiger partial charge in [-0.2, -0.15) is 0 Å². The molecule has 3 aliphatic rings. The van der Waals surface area contributed by atoms with Crippen molar-refractivity contribution in [2.24, 2.45) is 11.3 Å². The zero-order valence-electron chi connectivity index (χ0n) is 13.6. The molecule has 6 heteroatoms. The first-order chi connectivity index (χ1) is 10.4. The fourth-order valence-electron chi connectivity index (χ4n) is 4.36. The smallest absolute Gasteiger partial charge is 0.407 e. The maximum atomic E-state index is 12.6. The van der Waals surface area contributed by atoms with Gasteiger partial charge in [0.25, 0.3) is 0 Å². The van der Waals surface area contributed by atoms with Crippen molar-refractivity contribution in [1.29, 1.82) is 0 Å². The number of likely N-dealkylation sites (tertiary alicyclic amines) is 2. The van der Waals surface area contributed by atoms with E-state index in [1.54, 1.807) is 0 Å². The van der Waals surface area contributed by atoms with Crippen molar-refractivity contribution in [2.75, 3.05) is 40.3 Å². The van der Waals surface area contributed by atoms with Crippen molar-refractivity contribution in [3.8, 4) is 0 Å². The van der Waals surface area contributed by atoms with Crippen LogP contribution in [0, 0.1) is 11.3 Å². The van der Waals surface area contributed by atoms with Crippen LogP contribution in [0.25, 0.3) is 0 Å². The highest BCUT2D eigenvalue weighted by Crippen LogP contribution is 2.53. The topological polar surface area (TPSA) is 64.1 Å². The van der Waals surface area contributed by atoms with Crippen LogP contribution in [-0.2, 0) is 4.79 Å². The lowest BCUT2D eigenvalue weighted by Crippen LogP contribution is -2.52. The number of carboxylic acid groups (broad SMARTS) is 1. The summed E-state index contributed by atoms with van der Waals surface area (Å²) in [6.45, 7) is 3.01. The van der Waals surface area contributed by atoms with E-state index in [9.17, 15) is 9.59 Å². The van der Waals surface area contributed by atoms with Crippen LogP contribution in [0.5, 0.6) is 0 Å². The summed E-state index contributed by atoms with van der Waals surface area (Å²) in [5.74, 6) is 0.507. The maximum absolute atomic E-state index is 12.6. The molecule has 0 bridgehead atoms. The van der Waals surface area contributed by atoms with E-state index >= 15 is 0 Å². The number of hydrogen-bond donors (Lipinski definition) is 1. The van der Waals surface area contributed by atoms with Gasteiger partial charge in [0, 0.05) is 38.1 Å². The van der Waals surface area contributed by atoms with Gasteiger partial charge in [-0.05, 0) is 51.6 Å². The molecule has 124 valence electrons. The summed E-state index contributed by atoms with van der Waals surface area (Å²) >= 11 is 0. The molecule has 1 atom stereocenters. The van der Waals surface area contributed by atoms with E-state index in [-0.39, 0.29) is 11.3 Å². The van der Waals surface area contributed by atoms with Crippen molar-refractivity contribution in [3.05, 3.63) is 0 Å². The molecule has 3 fully saturated rings. The molecule has 0 aromatic rings. The van der Waals surface area contributed by atoms with Crippen molar-refractivity contribution in [2.45, 2.75) is 38.1 Å². The Hall–Kier alpha value is -1.30. The number of hydrogen-bond acceptors (Lipinski definition) is 3. The zero-order valence-corrected chi connectivity index (χ0v) is 13.6. The Labute approximate surface area is 132 Å². The first kappa shape index (κ1) is 15.6. The van der Waals surface area contributed by atoms with E-state index in [0.717, 1.165) is 45.2 Å². The van der Waals surface area contributed by atoms with Gasteiger partial charge < -0.3 is 19.8 Å². The maximum Gasteiger partial charge on any atom is 0.407 e. The molecule has 0 aromatic carbocycles. The molecule has 22 heavy (non-hydrogen) atoms. The van der Waals surface area contributed by atoms with Gasteiger partial charge in [0.1, 0.15) is 0 Å². The van der Waals surface area contributed by atoms with Crippen LogP contribution in [0.3, 0.4) is 0 Å². The van der Waals surface area contributed by atoms with Crippen molar-refractivity contribution >= 4 is 12.0 Å². The summed E-state index contributed by atoms with van der Waals surface area (Å²) in [4.78, 5) is 29.3. The fourth-order valence-corrected chi connectivity index (χ4v) is 4.36. The molecule has 2 heterocycles. The highest BCUT2D eigenvalue weighted by Gasteiger charge is 2.50. The van der Waals surface area contributed by atoms with Crippen LogP contribution in [0.1, 0.15) is 32.1 Å². The Morgan fingerprint density at radius 3 is 2.23 bits per heavy atom. The number of likely N-dealkylation sites (N-methyl/N-ethyl adjacent to an activating group) is 1. The Kier molecular flexibility index (Phi) is 4.05. The van der Waals surface area contributed by atoms with Crippen LogP contribution in [0.2, 0.25) is 0 Å². The number of piperidine rings is 1. The minimum absolute atomic E-state index is 0.178. The van der Waals surface area contributed by atoms with Crippen molar-refractivity contribution < 1.29 is 14.7 Å². The van der Waals surface area contributed by atoms with E-state index in [4.69, 9.17) is 5.11 Å². The van der Waals surface area contributed by atoms with E-state index in [1.807, 2.05) is 4.90 Å². The molecule has 2 aliphatic heterocycles. The zero-order chi connectivity index (χ0) is 15.9. The third kappa shape index (κ3) is 2.81. The summed E-state index contributed by atoms with van der Waals surface area (Å²) in [5, 5.41) is 9.01. The van der Waals surface area contributed by atoms with Gasteiger partial charge in [-0.3, -0.25) is 4.79 Å². The second-order valence-electron chi connectivity index (χ2n) is 7.57. The average Bonchev–Trinajstić information content (AvgIpc) is 2.94. The van der Waals surface area contributed by atoms with Crippen LogP contribution in [-0.4, -0.2) is 78.1 Å². The summed E-state index contributed by atoms with van der Waals surface area (Å²) in [5.41, 5.74) is 0.243. The third-order valence-corrected chi connectivity index (χ3v) is 6.01. The molecule has 1 saturated carbocycles. The van der Waals surface area contributed by atoms with Crippen molar-refractivity contribution in [1.82, 2.24) is 14.7 Å². The normalized spacial score (nSPS) is 28.2. The quantitative estimate of drug-likeness (QED) is 0.835. The molecule has 3 rings (SSSR count). The molecule has 0 aromatic heterocycles. The first-order valence-corrected chi connectivity index (χ1v) is 8.33. The molecule has 2 amide bonds. The van der Waals surface area contributed by atoms with Crippen molar-refractivity contribution in [3.63, 3.8) is 0 Å². The molecule has 1 N–H and O–H groups in total. The standard InChI is InChI=1S/C16H27N3O3/c1-17(2)13-3-6-19(11-13)14(20)12-9-16(10-12)4-7-18(8-5-16)15(21)22/h12-13H,3-11H2,1-2H3,(H,21,22)/t13-/m0/s1. The molecule has 0 unspecified atom stereocenters. The summed E-state index contributed by atoms with van der Waals surface area (Å²) in [7, 11) is 4.15. The minimum atomic E-state index is -0.811. The summed E-state index contributed by atoms with van der Waals surface area (Å²) in [6.07, 6.45) is 4.02. The lowest BCUT2D eigenvalue weighted by Gasteiger charge is -2.51. The Morgan fingerprint density at radius 2 is 1.73 bits per heavy atom. The molecule has 1 spiro atoms. The van der Waals surface area contributed by atoms with E-state index < -0.39 is 6.09 Å². The second-order valence-corrected chi connectivity index (χ2v) is 7.57. The number of nitrogens with zero attached hydrogens (tertiary/aromatic N) is 3. The molecule has 1 aliphatic carbocycles. The van der Waals surface area contributed by atoms with Gasteiger partial charge >= 0.3 is 6.09 Å². The van der Waals surface area contributed by atoms with E-state index in [2.05, 4.69) is 19.0 Å². The monoisotopic (exact) mass is 309 g/mol. The van der Waals surface area contributed by atoms with Crippen LogP contribution < -0.4 is 0 Å². The predicted octanol–water partition coefficient (Wildman–Crippen LogP) is 1.32. The molecular weight excluding hydrogens is 282 g/mol. The third-order valence-electron chi connectivity index (χ3n) is 6.01. The molecular formula is C16H27N3O3. The second kappa shape index (κ2) is 5.72. The van der Waals surface area contributed by atoms with Gasteiger partial charge in [-0.15, -0.1) is 0 Å². The number of amides is 2. The molecule has 0 radical (unpaired) electrons. The largest absolute Gasteiger partial charge is 0.465 e.